The third kappa shape index (κ3) is 6.30. The summed E-state index contributed by atoms with van der Waals surface area (Å²) in [5, 5.41) is 2.83. The van der Waals surface area contributed by atoms with Crippen molar-refractivity contribution in [2.45, 2.75) is 19.4 Å². The van der Waals surface area contributed by atoms with E-state index in [1.165, 1.54) is 0 Å². The summed E-state index contributed by atoms with van der Waals surface area (Å²) in [5.74, 6) is 0.780. The number of aryl methyl sites for hydroxylation is 1. The Morgan fingerprint density at radius 3 is 2.48 bits per heavy atom. The fourth-order valence-electron chi connectivity index (χ4n) is 2.16. The number of para-hydroxylation sites is 1. The zero-order valence-electron chi connectivity index (χ0n) is 13.2. The molecular formula is C18H23ClN2O2. The van der Waals surface area contributed by atoms with Gasteiger partial charge in [-0.05, 0) is 24.1 Å². The summed E-state index contributed by atoms with van der Waals surface area (Å²) in [4.78, 5) is 11.9. The molecule has 2 aromatic carbocycles. The quantitative estimate of drug-likeness (QED) is 0.765. The fraction of sp³-hybridized carbons (Fsp3) is 0.278. The molecule has 0 bridgehead atoms. The molecule has 124 valence electrons. The van der Waals surface area contributed by atoms with Crippen molar-refractivity contribution in [2.75, 3.05) is 13.2 Å². The molecule has 0 saturated carbocycles. The number of benzene rings is 2. The van der Waals surface area contributed by atoms with Gasteiger partial charge in [-0.2, -0.15) is 0 Å². The van der Waals surface area contributed by atoms with Gasteiger partial charge < -0.3 is 15.8 Å². The van der Waals surface area contributed by atoms with Gasteiger partial charge in [0.05, 0.1) is 6.54 Å². The van der Waals surface area contributed by atoms with Crippen LogP contribution in [0.5, 0.6) is 5.75 Å². The summed E-state index contributed by atoms with van der Waals surface area (Å²) in [6.45, 7) is 2.90. The zero-order valence-corrected chi connectivity index (χ0v) is 14.0. The van der Waals surface area contributed by atoms with Crippen LogP contribution in [0.2, 0.25) is 0 Å². The van der Waals surface area contributed by atoms with Crippen LogP contribution >= 0.6 is 12.4 Å². The number of carbonyl (C=O) groups is 1. The summed E-state index contributed by atoms with van der Waals surface area (Å²) >= 11 is 0. The van der Waals surface area contributed by atoms with Crippen LogP contribution in [0.4, 0.5) is 0 Å². The lowest BCUT2D eigenvalue weighted by Gasteiger charge is -2.13. The number of nitrogens with two attached hydrogens (primary N) is 1. The predicted octanol–water partition coefficient (Wildman–Crippen LogP) is 3.00. The van der Waals surface area contributed by atoms with Gasteiger partial charge in [0.1, 0.15) is 12.4 Å². The van der Waals surface area contributed by atoms with Gasteiger partial charge in [-0.1, -0.05) is 48.5 Å². The van der Waals surface area contributed by atoms with E-state index in [0.717, 1.165) is 16.9 Å². The minimum Gasteiger partial charge on any atom is -0.491 e. The molecule has 0 aliphatic carbocycles. The topological polar surface area (TPSA) is 64.3 Å². The predicted molar refractivity (Wildman–Crippen MR) is 94.9 cm³/mol. The molecular weight excluding hydrogens is 312 g/mol. The van der Waals surface area contributed by atoms with Crippen LogP contribution in [0.1, 0.15) is 23.6 Å². The van der Waals surface area contributed by atoms with E-state index < -0.39 is 0 Å². The highest BCUT2D eigenvalue weighted by Crippen LogP contribution is 2.15. The number of nitrogens with one attached hydrogen (secondary N) is 1. The molecule has 2 aromatic rings. The second kappa shape index (κ2) is 9.87. The molecule has 1 amide bonds. The fourth-order valence-corrected chi connectivity index (χ4v) is 2.16. The van der Waals surface area contributed by atoms with E-state index in [1.54, 1.807) is 0 Å². The third-order valence-electron chi connectivity index (χ3n) is 3.41. The van der Waals surface area contributed by atoms with Gasteiger partial charge in [0, 0.05) is 12.5 Å². The SMILES string of the molecule is Cc1ccccc1OCCNC(=O)CC(N)c1ccccc1.Cl. The van der Waals surface area contributed by atoms with Crippen LogP contribution < -0.4 is 15.8 Å². The van der Waals surface area contributed by atoms with Crippen LogP contribution in [-0.2, 0) is 4.79 Å². The van der Waals surface area contributed by atoms with E-state index >= 15 is 0 Å². The maximum absolute atomic E-state index is 11.9. The number of hydrogen-bond donors (Lipinski definition) is 2. The number of amides is 1. The number of halogens is 1. The molecule has 3 N–H and O–H groups in total. The molecule has 0 spiro atoms. The normalized spacial score (nSPS) is 11.2. The third-order valence-corrected chi connectivity index (χ3v) is 3.41. The summed E-state index contributed by atoms with van der Waals surface area (Å²) < 4.78 is 5.63. The lowest BCUT2D eigenvalue weighted by molar-refractivity contribution is -0.121. The highest BCUT2D eigenvalue weighted by Gasteiger charge is 2.10. The Morgan fingerprint density at radius 1 is 1.13 bits per heavy atom. The molecule has 1 atom stereocenters. The molecule has 4 nitrogen and oxygen atoms in total. The average molecular weight is 335 g/mol. The molecule has 5 heteroatoms. The van der Waals surface area contributed by atoms with E-state index in [-0.39, 0.29) is 30.8 Å². The van der Waals surface area contributed by atoms with E-state index in [4.69, 9.17) is 10.5 Å². The minimum absolute atomic E-state index is 0. The molecule has 0 fully saturated rings. The van der Waals surface area contributed by atoms with Crippen molar-refractivity contribution in [3.63, 3.8) is 0 Å². The molecule has 0 heterocycles. The second-order valence-electron chi connectivity index (χ2n) is 5.19. The first kappa shape index (κ1) is 19.0. The van der Waals surface area contributed by atoms with Crippen molar-refractivity contribution < 1.29 is 9.53 Å². The summed E-state index contributed by atoms with van der Waals surface area (Å²) in [6.07, 6.45) is 0.272. The summed E-state index contributed by atoms with van der Waals surface area (Å²) in [6, 6.07) is 17.2. The van der Waals surface area contributed by atoms with Crippen molar-refractivity contribution in [1.29, 1.82) is 0 Å². The van der Waals surface area contributed by atoms with Gasteiger partial charge in [-0.25, -0.2) is 0 Å². The monoisotopic (exact) mass is 334 g/mol. The Labute approximate surface area is 143 Å². The number of carbonyl (C=O) groups excluding carboxylic acids is 1. The molecule has 0 saturated heterocycles. The standard InChI is InChI=1S/C18H22N2O2.ClH/c1-14-7-5-6-10-17(14)22-12-11-20-18(21)13-16(19)15-8-3-2-4-9-15;/h2-10,16H,11-13,19H2,1H3,(H,20,21);1H. The van der Waals surface area contributed by atoms with Gasteiger partial charge in [-0.3, -0.25) is 4.79 Å². The maximum Gasteiger partial charge on any atom is 0.222 e. The molecule has 0 radical (unpaired) electrons. The largest absolute Gasteiger partial charge is 0.491 e. The zero-order chi connectivity index (χ0) is 15.8. The van der Waals surface area contributed by atoms with Crippen molar-refractivity contribution in [3.8, 4) is 5.75 Å². The van der Waals surface area contributed by atoms with Crippen LogP contribution in [0.3, 0.4) is 0 Å². The molecule has 2 rings (SSSR count). The first-order chi connectivity index (χ1) is 10.7. The average Bonchev–Trinajstić information content (AvgIpc) is 2.54. The van der Waals surface area contributed by atoms with Gasteiger partial charge in [0.2, 0.25) is 5.91 Å². The lowest BCUT2D eigenvalue weighted by Crippen LogP contribution is -2.30. The van der Waals surface area contributed by atoms with Gasteiger partial charge >= 0.3 is 0 Å². The van der Waals surface area contributed by atoms with Crippen LogP contribution in [0.25, 0.3) is 0 Å². The molecule has 0 aliphatic heterocycles. The summed E-state index contributed by atoms with van der Waals surface area (Å²) in [7, 11) is 0. The number of ether oxygens (including phenoxy) is 1. The summed E-state index contributed by atoms with van der Waals surface area (Å²) in [5.41, 5.74) is 8.07. The first-order valence-electron chi connectivity index (χ1n) is 7.42. The van der Waals surface area contributed by atoms with E-state index in [1.807, 2.05) is 61.5 Å². The van der Waals surface area contributed by atoms with Crippen LogP contribution in [0.15, 0.2) is 54.6 Å². The Hall–Kier alpha value is -2.04. The van der Waals surface area contributed by atoms with E-state index in [0.29, 0.717) is 13.2 Å². The van der Waals surface area contributed by atoms with Crippen molar-refractivity contribution in [2.24, 2.45) is 5.73 Å². The van der Waals surface area contributed by atoms with Crippen LogP contribution in [-0.4, -0.2) is 19.1 Å². The van der Waals surface area contributed by atoms with Crippen LogP contribution in [0, 0.1) is 6.92 Å². The molecule has 23 heavy (non-hydrogen) atoms. The second-order valence-corrected chi connectivity index (χ2v) is 5.19. The maximum atomic E-state index is 11.9. The van der Waals surface area contributed by atoms with Gasteiger partial charge in [-0.15, -0.1) is 12.4 Å². The smallest absolute Gasteiger partial charge is 0.222 e. The lowest BCUT2D eigenvalue weighted by atomic mass is 10.0. The Kier molecular flexibility index (Phi) is 8.16. The number of hydrogen-bond acceptors (Lipinski definition) is 3. The van der Waals surface area contributed by atoms with E-state index in [2.05, 4.69) is 5.32 Å². The minimum atomic E-state index is -0.279. The molecule has 0 aromatic heterocycles. The van der Waals surface area contributed by atoms with E-state index in [9.17, 15) is 4.79 Å². The first-order valence-corrected chi connectivity index (χ1v) is 7.42. The molecule has 0 aliphatic rings. The van der Waals surface area contributed by atoms with Crippen molar-refractivity contribution >= 4 is 18.3 Å². The Morgan fingerprint density at radius 2 is 1.78 bits per heavy atom. The van der Waals surface area contributed by atoms with Gasteiger partial charge in [0.25, 0.3) is 0 Å². The highest BCUT2D eigenvalue weighted by molar-refractivity contribution is 5.85. The molecule has 1 unspecified atom stereocenters. The number of rotatable bonds is 7. The Balaban J connectivity index is 0.00000264. The van der Waals surface area contributed by atoms with Crippen molar-refractivity contribution in [1.82, 2.24) is 5.32 Å². The van der Waals surface area contributed by atoms with Crippen molar-refractivity contribution in [3.05, 3.63) is 65.7 Å². The van der Waals surface area contributed by atoms with Gasteiger partial charge in [0.15, 0.2) is 0 Å². The Bertz CT molecular complexity index is 605. The highest BCUT2D eigenvalue weighted by atomic mass is 35.5.